The highest BCUT2D eigenvalue weighted by Gasteiger charge is 2.20. The molecule has 0 saturated heterocycles. The topological polar surface area (TPSA) is 101 Å². The first-order valence-corrected chi connectivity index (χ1v) is 7.66. The van der Waals surface area contributed by atoms with Gasteiger partial charge in [0.1, 0.15) is 0 Å². The van der Waals surface area contributed by atoms with Gasteiger partial charge in [0.2, 0.25) is 5.09 Å². The van der Waals surface area contributed by atoms with E-state index in [9.17, 15) is 13.2 Å². The van der Waals surface area contributed by atoms with Gasteiger partial charge >= 0.3 is 0 Å². The number of rotatable bonds is 5. The Bertz CT molecular complexity index is 725. The van der Waals surface area contributed by atoms with E-state index in [0.717, 1.165) is 5.56 Å². The van der Waals surface area contributed by atoms with E-state index in [1.165, 1.54) is 19.2 Å². The Balaban J connectivity index is 2.11. The maximum absolute atomic E-state index is 12.0. The van der Waals surface area contributed by atoms with Crippen molar-refractivity contribution in [3.63, 3.8) is 0 Å². The van der Waals surface area contributed by atoms with Crippen molar-refractivity contribution in [3.05, 3.63) is 48.0 Å². The van der Waals surface area contributed by atoms with Crippen molar-refractivity contribution in [3.8, 4) is 0 Å². The molecule has 0 radical (unpaired) electrons. The fourth-order valence-electron chi connectivity index (χ4n) is 1.67. The molecule has 1 amide bonds. The van der Waals surface area contributed by atoms with Gasteiger partial charge in [0.05, 0.1) is 6.04 Å². The molecule has 0 spiro atoms. The molecule has 2 heterocycles. The van der Waals surface area contributed by atoms with Crippen molar-refractivity contribution in [1.29, 1.82) is 0 Å². The van der Waals surface area contributed by atoms with E-state index in [4.69, 9.17) is 4.42 Å². The first-order chi connectivity index (χ1) is 9.94. The van der Waals surface area contributed by atoms with E-state index in [1.807, 2.05) is 6.07 Å². The molecule has 112 valence electrons. The summed E-state index contributed by atoms with van der Waals surface area (Å²) in [4.78, 5) is 16.0. The van der Waals surface area contributed by atoms with Crippen molar-refractivity contribution in [2.24, 2.45) is 0 Å². The zero-order valence-corrected chi connectivity index (χ0v) is 12.3. The molecule has 0 aromatic carbocycles. The average molecular weight is 309 g/mol. The van der Waals surface area contributed by atoms with E-state index in [1.54, 1.807) is 25.4 Å². The van der Waals surface area contributed by atoms with Crippen LogP contribution in [-0.2, 0) is 10.0 Å². The number of carbonyl (C=O) groups excluding carboxylic acids is 1. The highest BCUT2D eigenvalue weighted by molar-refractivity contribution is 7.89. The average Bonchev–Trinajstić information content (AvgIpc) is 2.99. The minimum Gasteiger partial charge on any atom is -0.438 e. The molecule has 8 heteroatoms. The van der Waals surface area contributed by atoms with Gasteiger partial charge in [-0.25, -0.2) is 13.1 Å². The van der Waals surface area contributed by atoms with Crippen molar-refractivity contribution in [1.82, 2.24) is 15.0 Å². The van der Waals surface area contributed by atoms with Crippen molar-refractivity contribution >= 4 is 15.9 Å². The summed E-state index contributed by atoms with van der Waals surface area (Å²) >= 11 is 0. The van der Waals surface area contributed by atoms with Gasteiger partial charge in [-0.1, -0.05) is 6.07 Å². The molecular weight excluding hydrogens is 294 g/mol. The second-order valence-electron chi connectivity index (χ2n) is 4.31. The lowest BCUT2D eigenvalue weighted by Crippen LogP contribution is -2.26. The zero-order valence-electron chi connectivity index (χ0n) is 11.5. The normalized spacial score (nSPS) is 12.9. The molecule has 2 N–H and O–H groups in total. The van der Waals surface area contributed by atoms with Crippen LogP contribution in [0.4, 0.5) is 0 Å². The molecule has 0 aliphatic rings. The summed E-state index contributed by atoms with van der Waals surface area (Å²) in [6, 6.07) is 5.87. The Morgan fingerprint density at radius 1 is 1.33 bits per heavy atom. The number of furan rings is 1. The second kappa shape index (κ2) is 6.06. The molecule has 0 aliphatic carbocycles. The van der Waals surface area contributed by atoms with E-state index in [0.29, 0.717) is 0 Å². The molecule has 21 heavy (non-hydrogen) atoms. The number of nitrogens with zero attached hydrogens (tertiary/aromatic N) is 1. The van der Waals surface area contributed by atoms with Gasteiger partial charge in [0, 0.05) is 12.4 Å². The number of hydrogen-bond donors (Lipinski definition) is 2. The largest absolute Gasteiger partial charge is 0.438 e. The summed E-state index contributed by atoms with van der Waals surface area (Å²) in [5.41, 5.74) is 0.834. The van der Waals surface area contributed by atoms with Crippen LogP contribution in [0.2, 0.25) is 0 Å². The van der Waals surface area contributed by atoms with E-state index >= 15 is 0 Å². The summed E-state index contributed by atoms with van der Waals surface area (Å²) in [6.07, 6.45) is 3.28. The lowest BCUT2D eigenvalue weighted by Gasteiger charge is -2.12. The highest BCUT2D eigenvalue weighted by Crippen LogP contribution is 2.15. The molecule has 0 bridgehead atoms. The SMILES string of the molecule is CNS(=O)(=O)c1ccc(C(=O)NC(C)c2cccnc2)o1. The number of pyridine rings is 1. The molecule has 2 aromatic heterocycles. The summed E-state index contributed by atoms with van der Waals surface area (Å²) in [5.74, 6) is -0.566. The first kappa shape index (κ1) is 15.2. The Morgan fingerprint density at radius 3 is 2.71 bits per heavy atom. The van der Waals surface area contributed by atoms with Gasteiger partial charge in [-0.2, -0.15) is 0 Å². The number of aromatic nitrogens is 1. The smallest absolute Gasteiger partial charge is 0.287 e. The van der Waals surface area contributed by atoms with Crippen molar-refractivity contribution in [2.75, 3.05) is 7.05 Å². The quantitative estimate of drug-likeness (QED) is 0.860. The van der Waals surface area contributed by atoms with Gasteiger partial charge in [0.25, 0.3) is 15.9 Å². The summed E-state index contributed by atoms with van der Waals surface area (Å²) in [6.45, 7) is 1.79. The number of nitrogens with one attached hydrogen (secondary N) is 2. The third-order valence-corrected chi connectivity index (χ3v) is 4.16. The van der Waals surface area contributed by atoms with Gasteiger partial charge in [-0.05, 0) is 37.7 Å². The van der Waals surface area contributed by atoms with Gasteiger partial charge in [-0.3, -0.25) is 9.78 Å². The summed E-state index contributed by atoms with van der Waals surface area (Å²) < 4.78 is 30.2. The maximum Gasteiger partial charge on any atom is 0.287 e. The number of hydrogen-bond acceptors (Lipinski definition) is 5. The Kier molecular flexibility index (Phi) is 4.39. The predicted molar refractivity (Wildman–Crippen MR) is 75.1 cm³/mol. The molecule has 1 unspecified atom stereocenters. The molecule has 2 rings (SSSR count). The molecule has 0 aliphatic heterocycles. The standard InChI is InChI=1S/C13H15N3O4S/c1-9(10-4-3-7-15-8-10)16-13(17)11-5-6-12(20-11)21(18,19)14-2/h3-9,14H,1-2H3,(H,16,17). The fourth-order valence-corrected chi connectivity index (χ4v) is 2.32. The van der Waals surface area contributed by atoms with Crippen molar-refractivity contribution in [2.45, 2.75) is 18.1 Å². The van der Waals surface area contributed by atoms with Crippen molar-refractivity contribution < 1.29 is 17.6 Å². The Morgan fingerprint density at radius 2 is 2.10 bits per heavy atom. The third-order valence-electron chi connectivity index (χ3n) is 2.87. The molecule has 0 fully saturated rings. The van der Waals surface area contributed by atoms with Crippen LogP contribution in [0.15, 0.2) is 46.2 Å². The lowest BCUT2D eigenvalue weighted by atomic mass is 10.1. The molecular formula is C13H15N3O4S. The van der Waals surface area contributed by atoms with E-state index in [2.05, 4.69) is 15.0 Å². The molecule has 1 atom stereocenters. The van der Waals surface area contributed by atoms with Crippen LogP contribution in [0.25, 0.3) is 0 Å². The minimum absolute atomic E-state index is 0.0698. The van der Waals surface area contributed by atoms with Crippen LogP contribution < -0.4 is 10.0 Å². The highest BCUT2D eigenvalue weighted by atomic mass is 32.2. The number of amides is 1. The molecule has 2 aromatic rings. The Labute approximate surface area is 122 Å². The number of carbonyl (C=O) groups is 1. The van der Waals surface area contributed by atoms with Crippen LogP contribution >= 0.6 is 0 Å². The van der Waals surface area contributed by atoms with Crippen LogP contribution in [0.1, 0.15) is 29.1 Å². The Hall–Kier alpha value is -2.19. The van der Waals surface area contributed by atoms with Gasteiger partial charge in [0.15, 0.2) is 5.76 Å². The fraction of sp³-hybridized carbons (Fsp3) is 0.231. The summed E-state index contributed by atoms with van der Waals surface area (Å²) in [7, 11) is -2.43. The number of sulfonamides is 1. The van der Waals surface area contributed by atoms with Crippen LogP contribution in [0, 0.1) is 0 Å². The lowest BCUT2D eigenvalue weighted by molar-refractivity contribution is 0.0906. The van der Waals surface area contributed by atoms with Gasteiger partial charge < -0.3 is 9.73 Å². The first-order valence-electron chi connectivity index (χ1n) is 6.18. The minimum atomic E-state index is -3.70. The van der Waals surface area contributed by atoms with Gasteiger partial charge in [-0.15, -0.1) is 0 Å². The monoisotopic (exact) mass is 309 g/mol. The van der Waals surface area contributed by atoms with E-state index in [-0.39, 0.29) is 16.9 Å². The summed E-state index contributed by atoms with van der Waals surface area (Å²) in [5, 5.41) is 2.41. The van der Waals surface area contributed by atoms with E-state index < -0.39 is 15.9 Å². The zero-order chi connectivity index (χ0) is 15.5. The van der Waals surface area contributed by atoms with Crippen LogP contribution in [0.3, 0.4) is 0 Å². The second-order valence-corrected chi connectivity index (χ2v) is 6.13. The van der Waals surface area contributed by atoms with Crippen LogP contribution in [0.5, 0.6) is 0 Å². The third kappa shape index (κ3) is 3.47. The predicted octanol–water partition coefficient (Wildman–Crippen LogP) is 1.07. The maximum atomic E-state index is 12.0. The molecule has 7 nitrogen and oxygen atoms in total. The van der Waals surface area contributed by atoms with Crippen LogP contribution in [-0.4, -0.2) is 26.4 Å². The molecule has 0 saturated carbocycles.